The summed E-state index contributed by atoms with van der Waals surface area (Å²) in [5, 5.41) is 0. The molecule has 148 valence electrons. The molecule has 2 aliphatic rings. The summed E-state index contributed by atoms with van der Waals surface area (Å²) in [5.74, 6) is 0.0533. The first-order chi connectivity index (χ1) is 13.6. The van der Waals surface area contributed by atoms with Gasteiger partial charge in [0, 0.05) is 44.8 Å². The van der Waals surface area contributed by atoms with Gasteiger partial charge in [0.1, 0.15) is 11.5 Å². The van der Waals surface area contributed by atoms with Crippen molar-refractivity contribution < 1.29 is 9.59 Å². The van der Waals surface area contributed by atoms with Gasteiger partial charge in [-0.15, -0.1) is 0 Å². The van der Waals surface area contributed by atoms with E-state index in [0.717, 1.165) is 51.1 Å². The largest absolute Gasteiger partial charge is 0.368 e. The van der Waals surface area contributed by atoms with Crippen molar-refractivity contribution in [1.29, 1.82) is 0 Å². The van der Waals surface area contributed by atoms with E-state index in [2.05, 4.69) is 41.1 Å². The highest BCUT2D eigenvalue weighted by atomic mass is 16.2. The van der Waals surface area contributed by atoms with Crippen molar-refractivity contribution in [3.05, 3.63) is 47.0 Å². The summed E-state index contributed by atoms with van der Waals surface area (Å²) in [6.45, 7) is 5.67. The van der Waals surface area contributed by atoms with Crippen LogP contribution in [0.1, 0.15) is 52.1 Å². The van der Waals surface area contributed by atoms with Gasteiger partial charge >= 0.3 is 0 Å². The van der Waals surface area contributed by atoms with Crippen molar-refractivity contribution in [3.63, 3.8) is 0 Å². The number of fused-ring (bicyclic) bond motifs is 1. The number of amides is 2. The van der Waals surface area contributed by atoms with Gasteiger partial charge in [-0.3, -0.25) is 9.59 Å². The average Bonchev–Trinajstić information content (AvgIpc) is 3.13. The Morgan fingerprint density at radius 2 is 1.82 bits per heavy atom. The Hall–Kier alpha value is -2.83. The zero-order valence-electron chi connectivity index (χ0n) is 16.4. The first-order valence-corrected chi connectivity index (χ1v) is 10.1. The molecule has 4 rings (SSSR count). The lowest BCUT2D eigenvalue weighted by Gasteiger charge is -2.37. The van der Waals surface area contributed by atoms with E-state index in [0.29, 0.717) is 18.8 Å². The van der Waals surface area contributed by atoms with E-state index in [4.69, 9.17) is 5.73 Å². The van der Waals surface area contributed by atoms with E-state index in [1.54, 1.807) is 0 Å². The Balaban J connectivity index is 1.54. The predicted molar refractivity (Wildman–Crippen MR) is 108 cm³/mol. The molecule has 3 heterocycles. The van der Waals surface area contributed by atoms with Crippen LogP contribution in [0.5, 0.6) is 0 Å². The molecule has 2 aliphatic heterocycles. The number of rotatable bonds is 4. The fourth-order valence-electron chi connectivity index (χ4n) is 4.29. The van der Waals surface area contributed by atoms with Crippen LogP contribution in [0.3, 0.4) is 0 Å². The van der Waals surface area contributed by atoms with E-state index in [1.807, 2.05) is 9.47 Å². The fraction of sp³-hybridized carbons (Fsp3) is 0.476. The molecule has 2 N–H and O–H groups in total. The van der Waals surface area contributed by atoms with Crippen molar-refractivity contribution in [3.8, 4) is 0 Å². The van der Waals surface area contributed by atoms with Crippen LogP contribution in [0.15, 0.2) is 24.3 Å². The average molecular weight is 381 g/mol. The van der Waals surface area contributed by atoms with E-state index in [-0.39, 0.29) is 11.6 Å². The summed E-state index contributed by atoms with van der Waals surface area (Å²) in [6.07, 6.45) is 3.79. The normalized spacial score (nSPS) is 16.8. The predicted octanol–water partition coefficient (Wildman–Crippen LogP) is 1.84. The Bertz CT molecular complexity index is 896. The molecule has 2 amide bonds. The van der Waals surface area contributed by atoms with Gasteiger partial charge in [-0.1, -0.05) is 25.1 Å². The number of imidazole rings is 1. The van der Waals surface area contributed by atoms with Crippen LogP contribution in [0, 0.1) is 0 Å². The van der Waals surface area contributed by atoms with Crippen LogP contribution in [0.4, 0.5) is 5.69 Å². The number of carbonyl (C=O) groups excluding carboxylic acids is 2. The van der Waals surface area contributed by atoms with Gasteiger partial charge < -0.3 is 20.1 Å². The number of benzene rings is 1. The molecule has 1 fully saturated rings. The van der Waals surface area contributed by atoms with Crippen molar-refractivity contribution >= 4 is 17.5 Å². The third-order valence-electron chi connectivity index (χ3n) is 5.79. The van der Waals surface area contributed by atoms with Gasteiger partial charge in [0.2, 0.25) is 0 Å². The van der Waals surface area contributed by atoms with Crippen LogP contribution in [-0.4, -0.2) is 52.4 Å². The van der Waals surface area contributed by atoms with Crippen LogP contribution in [-0.2, 0) is 19.4 Å². The van der Waals surface area contributed by atoms with Crippen LogP contribution in [0.25, 0.3) is 0 Å². The van der Waals surface area contributed by atoms with Crippen LogP contribution in [0.2, 0.25) is 0 Å². The number of nitrogens with two attached hydrogens (primary N) is 1. The lowest BCUT2D eigenvalue weighted by Crippen LogP contribution is -2.49. The maximum absolute atomic E-state index is 13.3. The smallest absolute Gasteiger partial charge is 0.273 e. The van der Waals surface area contributed by atoms with Crippen LogP contribution >= 0.6 is 0 Å². The molecule has 1 aromatic heterocycles. The molecule has 28 heavy (non-hydrogen) atoms. The summed E-state index contributed by atoms with van der Waals surface area (Å²) in [6, 6.07) is 8.43. The molecule has 0 saturated carbocycles. The number of carbonyl (C=O) groups is 2. The van der Waals surface area contributed by atoms with Gasteiger partial charge in [-0.25, -0.2) is 4.98 Å². The minimum atomic E-state index is -0.624. The quantitative estimate of drug-likeness (QED) is 0.876. The lowest BCUT2D eigenvalue weighted by molar-refractivity contribution is 0.0729. The lowest BCUT2D eigenvalue weighted by atomic mass is 10.1. The van der Waals surface area contributed by atoms with Crippen molar-refractivity contribution in [2.24, 2.45) is 5.73 Å². The zero-order chi connectivity index (χ0) is 19.7. The number of anilines is 1. The molecule has 1 aromatic carbocycles. The highest BCUT2D eigenvalue weighted by molar-refractivity contribution is 6.04. The molecular formula is C21H27N5O2. The van der Waals surface area contributed by atoms with Gasteiger partial charge in [0.05, 0.1) is 0 Å². The third kappa shape index (κ3) is 3.25. The summed E-state index contributed by atoms with van der Waals surface area (Å²) in [7, 11) is 0. The second-order valence-corrected chi connectivity index (χ2v) is 7.46. The van der Waals surface area contributed by atoms with Crippen molar-refractivity contribution in [2.75, 3.05) is 31.1 Å². The maximum Gasteiger partial charge on any atom is 0.273 e. The van der Waals surface area contributed by atoms with E-state index in [9.17, 15) is 9.59 Å². The van der Waals surface area contributed by atoms with Gasteiger partial charge in [0.15, 0.2) is 5.69 Å². The highest BCUT2D eigenvalue weighted by Gasteiger charge is 2.32. The molecule has 0 spiro atoms. The minimum absolute atomic E-state index is 0.126. The highest BCUT2D eigenvalue weighted by Crippen LogP contribution is 2.25. The third-order valence-corrected chi connectivity index (χ3v) is 5.79. The van der Waals surface area contributed by atoms with E-state index < -0.39 is 5.91 Å². The first kappa shape index (κ1) is 18.5. The molecule has 0 atom stereocenters. The SMILES string of the molecule is CCc1ccccc1N1CCN(C(=O)c2c(C(N)=O)nc3n2CCCC3)CC1. The molecular weight excluding hydrogens is 354 g/mol. The number of aryl methyl sites for hydroxylation is 2. The summed E-state index contributed by atoms with van der Waals surface area (Å²) in [5.41, 5.74) is 8.60. The number of para-hydroxylation sites is 1. The molecule has 1 saturated heterocycles. The number of hydrogen-bond acceptors (Lipinski definition) is 4. The standard InChI is InChI=1S/C21H27N5O2/c1-2-15-7-3-4-8-16(15)24-11-13-25(14-12-24)21(28)19-18(20(22)27)23-17-9-5-6-10-26(17)19/h3-4,7-8H,2,5-6,9-14H2,1H3,(H2,22,27). The molecule has 0 unspecified atom stereocenters. The van der Waals surface area contributed by atoms with Crippen molar-refractivity contribution in [1.82, 2.24) is 14.5 Å². The second-order valence-electron chi connectivity index (χ2n) is 7.46. The number of aromatic nitrogens is 2. The molecule has 0 aliphatic carbocycles. The number of primary amides is 1. The summed E-state index contributed by atoms with van der Waals surface area (Å²) >= 11 is 0. The second kappa shape index (κ2) is 7.66. The Morgan fingerprint density at radius 1 is 1.07 bits per heavy atom. The summed E-state index contributed by atoms with van der Waals surface area (Å²) < 4.78 is 1.91. The number of hydrogen-bond donors (Lipinski definition) is 1. The zero-order valence-corrected chi connectivity index (χ0v) is 16.4. The molecule has 0 radical (unpaired) electrons. The molecule has 7 nitrogen and oxygen atoms in total. The fourth-order valence-corrected chi connectivity index (χ4v) is 4.29. The maximum atomic E-state index is 13.3. The Labute approximate surface area is 165 Å². The summed E-state index contributed by atoms with van der Waals surface area (Å²) in [4.78, 5) is 33.7. The van der Waals surface area contributed by atoms with E-state index >= 15 is 0 Å². The van der Waals surface area contributed by atoms with Crippen molar-refractivity contribution in [2.45, 2.75) is 39.2 Å². The van der Waals surface area contributed by atoms with E-state index in [1.165, 1.54) is 11.3 Å². The topological polar surface area (TPSA) is 84.5 Å². The van der Waals surface area contributed by atoms with Gasteiger partial charge in [-0.2, -0.15) is 0 Å². The van der Waals surface area contributed by atoms with Crippen LogP contribution < -0.4 is 10.6 Å². The Kier molecular flexibility index (Phi) is 5.07. The number of piperazine rings is 1. The van der Waals surface area contributed by atoms with Gasteiger partial charge in [0.25, 0.3) is 11.8 Å². The Morgan fingerprint density at radius 3 is 2.54 bits per heavy atom. The first-order valence-electron chi connectivity index (χ1n) is 10.1. The number of nitrogens with zero attached hydrogens (tertiary/aromatic N) is 4. The minimum Gasteiger partial charge on any atom is -0.368 e. The monoisotopic (exact) mass is 381 g/mol. The molecule has 7 heteroatoms. The molecule has 2 aromatic rings. The molecule has 0 bridgehead atoms. The van der Waals surface area contributed by atoms with Gasteiger partial charge in [-0.05, 0) is 30.9 Å².